The van der Waals surface area contributed by atoms with E-state index in [-0.39, 0.29) is 18.0 Å². The van der Waals surface area contributed by atoms with Crippen molar-refractivity contribution in [2.24, 2.45) is 10.9 Å². The molecular formula is C12H13BrN4OS. The van der Waals surface area contributed by atoms with Crippen LogP contribution >= 0.6 is 27.7 Å². The molecule has 1 aromatic carbocycles. The van der Waals surface area contributed by atoms with Gasteiger partial charge in [-0.2, -0.15) is 0 Å². The molecule has 0 saturated carbocycles. The molecule has 1 saturated heterocycles. The van der Waals surface area contributed by atoms with E-state index in [0.717, 1.165) is 10.2 Å². The van der Waals surface area contributed by atoms with Crippen molar-refractivity contribution in [3.63, 3.8) is 0 Å². The highest BCUT2D eigenvalue weighted by atomic mass is 79.9. The second kappa shape index (κ2) is 5.62. The van der Waals surface area contributed by atoms with Gasteiger partial charge in [0.2, 0.25) is 5.91 Å². The van der Waals surface area contributed by atoms with E-state index in [9.17, 15) is 4.79 Å². The molecule has 2 aliphatic heterocycles. The Hall–Kier alpha value is -0.890. The number of benzene rings is 1. The van der Waals surface area contributed by atoms with Gasteiger partial charge >= 0.3 is 0 Å². The van der Waals surface area contributed by atoms with E-state index in [4.69, 9.17) is 0 Å². The molecule has 3 N–H and O–H groups in total. The van der Waals surface area contributed by atoms with Gasteiger partial charge in [0.05, 0.1) is 5.92 Å². The van der Waals surface area contributed by atoms with E-state index in [1.54, 1.807) is 11.8 Å². The Labute approximate surface area is 123 Å². The van der Waals surface area contributed by atoms with Crippen molar-refractivity contribution in [3.05, 3.63) is 34.3 Å². The van der Waals surface area contributed by atoms with E-state index >= 15 is 0 Å². The van der Waals surface area contributed by atoms with E-state index in [2.05, 4.69) is 49.2 Å². The fourth-order valence-electron chi connectivity index (χ4n) is 2.01. The zero-order valence-electron chi connectivity index (χ0n) is 10.0. The van der Waals surface area contributed by atoms with Gasteiger partial charge in [0.1, 0.15) is 6.17 Å². The number of thioether (sulfide) groups is 1. The van der Waals surface area contributed by atoms with Gasteiger partial charge in [-0.1, -0.05) is 39.8 Å². The molecule has 2 heterocycles. The summed E-state index contributed by atoms with van der Waals surface area (Å²) in [6.07, 6.45) is -0.138. The molecule has 19 heavy (non-hydrogen) atoms. The summed E-state index contributed by atoms with van der Waals surface area (Å²) in [4.78, 5) is 16.3. The summed E-state index contributed by atoms with van der Waals surface area (Å²) in [6, 6.07) is 8.13. The molecule has 1 amide bonds. The van der Waals surface area contributed by atoms with Gasteiger partial charge in [0.15, 0.2) is 5.17 Å². The lowest BCUT2D eigenvalue weighted by molar-refractivity contribution is -0.123. The fourth-order valence-corrected chi connectivity index (χ4v) is 3.13. The summed E-state index contributed by atoms with van der Waals surface area (Å²) < 4.78 is 1.06. The summed E-state index contributed by atoms with van der Waals surface area (Å²) >= 11 is 4.95. The number of fused-ring (bicyclic) bond motifs is 1. The van der Waals surface area contributed by atoms with Crippen LogP contribution < -0.4 is 16.2 Å². The Bertz CT molecular complexity index is 519. The minimum atomic E-state index is -0.138. The van der Waals surface area contributed by atoms with Gasteiger partial charge in [0, 0.05) is 16.8 Å². The molecular weight excluding hydrogens is 328 g/mol. The van der Waals surface area contributed by atoms with Crippen molar-refractivity contribution in [3.8, 4) is 0 Å². The molecule has 5 nitrogen and oxygen atoms in total. The summed E-state index contributed by atoms with van der Waals surface area (Å²) in [7, 11) is 0. The molecule has 7 heteroatoms. The number of carbonyl (C=O) groups is 1. The van der Waals surface area contributed by atoms with Gasteiger partial charge in [-0.05, 0) is 17.7 Å². The number of carbonyl (C=O) groups excluding carboxylic acids is 1. The Balaban J connectivity index is 1.64. The highest BCUT2D eigenvalue weighted by molar-refractivity contribution is 9.10. The lowest BCUT2D eigenvalue weighted by Gasteiger charge is -2.22. The van der Waals surface area contributed by atoms with E-state index in [0.29, 0.717) is 11.7 Å². The van der Waals surface area contributed by atoms with Crippen LogP contribution in [-0.2, 0) is 10.5 Å². The third kappa shape index (κ3) is 3.00. The first kappa shape index (κ1) is 13.1. The number of hydrazine groups is 1. The van der Waals surface area contributed by atoms with Crippen LogP contribution in [0.1, 0.15) is 5.56 Å². The highest BCUT2D eigenvalue weighted by Gasteiger charge is 2.36. The molecule has 2 aliphatic rings. The quantitative estimate of drug-likeness (QED) is 0.757. The molecule has 0 spiro atoms. The van der Waals surface area contributed by atoms with Crippen LogP contribution in [0.2, 0.25) is 0 Å². The molecule has 2 atom stereocenters. The fraction of sp³-hybridized carbons (Fsp3) is 0.333. The standard InChI is InChI=1S/C12H13BrN4OS/c13-8-3-1-7(2-4-8)6-19-12-15-10-9(5-14-17-10)11(18)16-12/h1-4,9-10,14,17H,5-6H2,(H,15,16,18). The van der Waals surface area contributed by atoms with Crippen molar-refractivity contribution in [1.82, 2.24) is 16.2 Å². The average Bonchev–Trinajstić information content (AvgIpc) is 2.87. The van der Waals surface area contributed by atoms with Crippen LogP contribution in [0.3, 0.4) is 0 Å². The van der Waals surface area contributed by atoms with Crippen molar-refractivity contribution in [1.29, 1.82) is 0 Å². The largest absolute Gasteiger partial charge is 0.305 e. The molecule has 2 unspecified atom stereocenters. The number of amidine groups is 1. The van der Waals surface area contributed by atoms with Crippen LogP contribution in [0, 0.1) is 5.92 Å². The van der Waals surface area contributed by atoms with Crippen LogP contribution in [-0.4, -0.2) is 23.8 Å². The normalized spacial score (nSPS) is 25.7. The number of nitrogens with one attached hydrogen (secondary N) is 3. The van der Waals surface area contributed by atoms with Crippen molar-refractivity contribution in [2.75, 3.05) is 6.54 Å². The van der Waals surface area contributed by atoms with Crippen molar-refractivity contribution >= 4 is 38.8 Å². The van der Waals surface area contributed by atoms with E-state index in [1.807, 2.05) is 12.1 Å². The summed E-state index contributed by atoms with van der Waals surface area (Å²) in [5.74, 6) is 0.727. The third-order valence-corrected chi connectivity index (χ3v) is 4.55. The summed E-state index contributed by atoms with van der Waals surface area (Å²) in [5, 5.41) is 3.54. The second-order valence-corrected chi connectivity index (χ2v) is 6.29. The van der Waals surface area contributed by atoms with Gasteiger partial charge in [0.25, 0.3) is 0 Å². The van der Waals surface area contributed by atoms with Crippen LogP contribution in [0.15, 0.2) is 33.7 Å². The summed E-state index contributed by atoms with van der Waals surface area (Å²) in [6.45, 7) is 0.630. The maximum atomic E-state index is 11.9. The van der Waals surface area contributed by atoms with E-state index < -0.39 is 0 Å². The Morgan fingerprint density at radius 1 is 1.37 bits per heavy atom. The van der Waals surface area contributed by atoms with Crippen LogP contribution in [0.5, 0.6) is 0 Å². The Morgan fingerprint density at radius 2 is 2.16 bits per heavy atom. The number of hydrogen-bond acceptors (Lipinski definition) is 5. The summed E-state index contributed by atoms with van der Waals surface area (Å²) in [5.41, 5.74) is 7.17. The maximum Gasteiger partial charge on any atom is 0.233 e. The number of amides is 1. The monoisotopic (exact) mass is 340 g/mol. The number of halogens is 1. The number of nitrogens with zero attached hydrogens (tertiary/aromatic N) is 1. The van der Waals surface area contributed by atoms with Crippen molar-refractivity contribution < 1.29 is 4.79 Å². The van der Waals surface area contributed by atoms with Gasteiger partial charge < -0.3 is 5.32 Å². The predicted molar refractivity (Wildman–Crippen MR) is 79.4 cm³/mol. The van der Waals surface area contributed by atoms with Crippen LogP contribution in [0.25, 0.3) is 0 Å². The molecule has 1 fully saturated rings. The first-order chi connectivity index (χ1) is 9.22. The molecule has 0 aliphatic carbocycles. The lowest BCUT2D eigenvalue weighted by atomic mass is 10.1. The minimum absolute atomic E-state index is 0.0378. The zero-order valence-corrected chi connectivity index (χ0v) is 12.4. The first-order valence-corrected chi connectivity index (χ1v) is 7.74. The SMILES string of the molecule is O=C1NC(SCc2ccc(Br)cc2)=NC2NNCC12. The third-order valence-electron chi connectivity index (χ3n) is 3.07. The Morgan fingerprint density at radius 3 is 2.95 bits per heavy atom. The molecule has 0 radical (unpaired) electrons. The zero-order chi connectivity index (χ0) is 13.2. The smallest absolute Gasteiger partial charge is 0.233 e. The van der Waals surface area contributed by atoms with Crippen LogP contribution in [0.4, 0.5) is 0 Å². The average molecular weight is 341 g/mol. The van der Waals surface area contributed by atoms with Gasteiger partial charge in [-0.15, -0.1) is 0 Å². The first-order valence-electron chi connectivity index (χ1n) is 5.97. The van der Waals surface area contributed by atoms with Gasteiger partial charge in [-0.25, -0.2) is 10.4 Å². The van der Waals surface area contributed by atoms with Crippen molar-refractivity contribution in [2.45, 2.75) is 11.9 Å². The van der Waals surface area contributed by atoms with E-state index in [1.165, 1.54) is 5.56 Å². The molecule has 1 aromatic rings. The molecule has 100 valence electrons. The second-order valence-electron chi connectivity index (χ2n) is 4.42. The highest BCUT2D eigenvalue weighted by Crippen LogP contribution is 2.21. The topological polar surface area (TPSA) is 65.5 Å². The Kier molecular flexibility index (Phi) is 3.88. The predicted octanol–water partition coefficient (Wildman–Crippen LogP) is 1.22. The van der Waals surface area contributed by atoms with Gasteiger partial charge in [-0.3, -0.25) is 10.2 Å². The molecule has 3 rings (SSSR count). The number of aliphatic imine (C=N–C) groups is 1. The molecule has 0 aromatic heterocycles. The maximum absolute atomic E-state index is 11.9. The number of hydrogen-bond donors (Lipinski definition) is 3. The number of rotatable bonds is 2. The molecule has 0 bridgehead atoms. The minimum Gasteiger partial charge on any atom is -0.305 e. The lowest BCUT2D eigenvalue weighted by Crippen LogP contribution is -2.46.